The molecule has 6 heteroatoms. The van der Waals surface area contributed by atoms with E-state index in [0.717, 1.165) is 0 Å². The molecule has 0 aliphatic rings. The van der Waals surface area contributed by atoms with E-state index in [9.17, 15) is 13.5 Å². The molecule has 1 rings (SSSR count). The van der Waals surface area contributed by atoms with E-state index in [1.54, 1.807) is 32.9 Å². The number of nitrogens with one attached hydrogen (secondary N) is 1. The van der Waals surface area contributed by atoms with Crippen LogP contribution in [0.5, 0.6) is 0 Å². The van der Waals surface area contributed by atoms with E-state index >= 15 is 0 Å². The van der Waals surface area contributed by atoms with Crippen molar-refractivity contribution in [2.75, 3.05) is 5.32 Å². The van der Waals surface area contributed by atoms with Gasteiger partial charge in [-0.15, -0.1) is 0 Å². The third-order valence-electron chi connectivity index (χ3n) is 2.94. The Morgan fingerprint density at radius 3 is 2.39 bits per heavy atom. The van der Waals surface area contributed by atoms with Gasteiger partial charge in [0.1, 0.15) is 0 Å². The molecule has 0 saturated carbocycles. The molecule has 0 aromatic heterocycles. The summed E-state index contributed by atoms with van der Waals surface area (Å²) in [5.74, 6) is 0. The summed E-state index contributed by atoms with van der Waals surface area (Å²) in [6.07, 6.45) is 0. The lowest BCUT2D eigenvalue weighted by molar-refractivity contribution is 0.0649. The number of anilines is 1. The molecule has 1 unspecified atom stereocenters. The van der Waals surface area contributed by atoms with Gasteiger partial charge in [-0.3, -0.25) is 0 Å². The molecule has 0 heterocycles. The third-order valence-corrected chi connectivity index (χ3v) is 3.99. The van der Waals surface area contributed by atoms with Crippen molar-refractivity contribution in [2.24, 2.45) is 5.14 Å². The van der Waals surface area contributed by atoms with Gasteiger partial charge in [0.15, 0.2) is 0 Å². The van der Waals surface area contributed by atoms with Gasteiger partial charge in [-0.25, -0.2) is 13.6 Å². The van der Waals surface area contributed by atoms with Crippen molar-refractivity contribution in [1.82, 2.24) is 0 Å². The van der Waals surface area contributed by atoms with E-state index < -0.39 is 15.6 Å². The van der Waals surface area contributed by atoms with Crippen LogP contribution in [-0.4, -0.2) is 25.2 Å². The summed E-state index contributed by atoms with van der Waals surface area (Å²) in [4.78, 5) is 0.0930. The number of aryl methyl sites for hydroxylation is 1. The van der Waals surface area contributed by atoms with Gasteiger partial charge < -0.3 is 10.4 Å². The molecule has 0 bridgehead atoms. The normalized spacial score (nSPS) is 14.3. The molecule has 1 atom stereocenters. The van der Waals surface area contributed by atoms with Gasteiger partial charge in [0.2, 0.25) is 10.0 Å². The van der Waals surface area contributed by atoms with Crippen LogP contribution in [0, 0.1) is 6.92 Å². The van der Waals surface area contributed by atoms with Crippen LogP contribution in [0.15, 0.2) is 23.1 Å². The summed E-state index contributed by atoms with van der Waals surface area (Å²) in [5, 5.41) is 18.0. The molecule has 0 aliphatic carbocycles. The van der Waals surface area contributed by atoms with Crippen LogP contribution >= 0.6 is 0 Å². The minimum atomic E-state index is -3.73. The number of sulfonamides is 1. The average Bonchev–Trinajstić information content (AvgIpc) is 2.17. The quantitative estimate of drug-likeness (QED) is 0.768. The summed E-state index contributed by atoms with van der Waals surface area (Å²) in [7, 11) is -3.73. The molecule has 0 aliphatic heterocycles. The molecule has 0 fully saturated rings. The molecule has 1 aromatic rings. The van der Waals surface area contributed by atoms with Gasteiger partial charge in [0.25, 0.3) is 0 Å². The number of hydrogen-bond donors (Lipinski definition) is 3. The lowest BCUT2D eigenvalue weighted by atomic mass is 10.0. The Kier molecular flexibility index (Phi) is 4.05. The summed E-state index contributed by atoms with van der Waals surface area (Å²) in [6, 6.07) is 4.69. The highest BCUT2D eigenvalue weighted by Crippen LogP contribution is 2.21. The third kappa shape index (κ3) is 3.69. The Morgan fingerprint density at radius 2 is 1.94 bits per heavy atom. The maximum atomic E-state index is 11.4. The smallest absolute Gasteiger partial charge is 0.238 e. The zero-order valence-corrected chi connectivity index (χ0v) is 11.9. The average molecular weight is 272 g/mol. The largest absolute Gasteiger partial charge is 0.388 e. The lowest BCUT2D eigenvalue weighted by Gasteiger charge is -2.27. The van der Waals surface area contributed by atoms with E-state index in [-0.39, 0.29) is 10.9 Å². The number of primary sulfonamides is 1. The topological polar surface area (TPSA) is 92.4 Å². The Morgan fingerprint density at radius 1 is 1.39 bits per heavy atom. The van der Waals surface area contributed by atoms with Crippen molar-refractivity contribution in [3.8, 4) is 0 Å². The second-order valence-electron chi connectivity index (χ2n) is 5.04. The van der Waals surface area contributed by atoms with Gasteiger partial charge in [-0.1, -0.05) is 6.07 Å². The Balaban J connectivity index is 3.08. The number of nitrogens with two attached hydrogens (primary N) is 1. The summed E-state index contributed by atoms with van der Waals surface area (Å²) in [5.41, 5.74) is 0.297. The van der Waals surface area contributed by atoms with Crippen LogP contribution in [-0.2, 0) is 10.0 Å². The summed E-state index contributed by atoms with van der Waals surface area (Å²) >= 11 is 0. The van der Waals surface area contributed by atoms with E-state index in [1.165, 1.54) is 6.07 Å². The van der Waals surface area contributed by atoms with Crippen molar-refractivity contribution in [3.05, 3.63) is 23.8 Å². The van der Waals surface area contributed by atoms with Gasteiger partial charge in [0.05, 0.1) is 16.5 Å². The lowest BCUT2D eigenvalue weighted by Crippen LogP contribution is -2.39. The first-order chi connectivity index (χ1) is 8.01. The van der Waals surface area contributed by atoms with E-state index in [1.807, 2.05) is 6.92 Å². The minimum absolute atomic E-state index is 0.0930. The zero-order valence-electron chi connectivity index (χ0n) is 11.1. The van der Waals surface area contributed by atoms with Crippen LogP contribution in [0.4, 0.5) is 5.69 Å². The van der Waals surface area contributed by atoms with Gasteiger partial charge >= 0.3 is 0 Å². The van der Waals surface area contributed by atoms with Gasteiger partial charge in [-0.2, -0.15) is 0 Å². The first-order valence-electron chi connectivity index (χ1n) is 5.64. The fraction of sp³-hybridized carbons (Fsp3) is 0.500. The monoisotopic (exact) mass is 272 g/mol. The van der Waals surface area contributed by atoms with Crippen molar-refractivity contribution in [2.45, 2.75) is 44.2 Å². The van der Waals surface area contributed by atoms with Gasteiger partial charge in [0, 0.05) is 5.69 Å². The van der Waals surface area contributed by atoms with Crippen LogP contribution in [0.2, 0.25) is 0 Å². The maximum absolute atomic E-state index is 11.4. The second kappa shape index (κ2) is 4.87. The maximum Gasteiger partial charge on any atom is 0.238 e. The highest BCUT2D eigenvalue weighted by molar-refractivity contribution is 7.89. The van der Waals surface area contributed by atoms with Crippen molar-refractivity contribution in [3.63, 3.8) is 0 Å². The fourth-order valence-corrected chi connectivity index (χ4v) is 2.23. The Bertz CT molecular complexity index is 533. The van der Waals surface area contributed by atoms with Crippen LogP contribution in [0.25, 0.3) is 0 Å². The predicted octanol–water partition coefficient (Wildman–Crippen LogP) is 1.21. The predicted molar refractivity (Wildman–Crippen MR) is 71.9 cm³/mol. The molecular weight excluding hydrogens is 252 g/mol. The second-order valence-corrected chi connectivity index (χ2v) is 6.57. The first-order valence-corrected chi connectivity index (χ1v) is 7.19. The van der Waals surface area contributed by atoms with E-state index in [2.05, 4.69) is 5.32 Å². The zero-order chi connectivity index (χ0) is 14.1. The molecular formula is C12H20N2O3S. The number of aliphatic hydroxyl groups is 1. The Hall–Kier alpha value is -1.11. The van der Waals surface area contributed by atoms with Crippen molar-refractivity contribution in [1.29, 1.82) is 0 Å². The van der Waals surface area contributed by atoms with Crippen molar-refractivity contribution < 1.29 is 13.5 Å². The van der Waals surface area contributed by atoms with Crippen LogP contribution in [0.1, 0.15) is 26.3 Å². The molecule has 0 radical (unpaired) electrons. The van der Waals surface area contributed by atoms with Crippen LogP contribution < -0.4 is 10.5 Å². The highest BCUT2D eigenvalue weighted by Gasteiger charge is 2.22. The summed E-state index contributed by atoms with van der Waals surface area (Å²) < 4.78 is 22.8. The molecule has 102 valence electrons. The number of rotatable bonds is 4. The SMILES string of the molecule is Cc1ccc(NC(C)C(C)(C)O)cc1S(N)(=O)=O. The molecule has 0 amide bonds. The fourth-order valence-electron chi connectivity index (χ4n) is 1.42. The van der Waals surface area contributed by atoms with Crippen molar-refractivity contribution >= 4 is 15.7 Å². The number of hydrogen-bond acceptors (Lipinski definition) is 4. The van der Waals surface area contributed by atoms with E-state index in [4.69, 9.17) is 5.14 Å². The van der Waals surface area contributed by atoms with Crippen LogP contribution in [0.3, 0.4) is 0 Å². The molecule has 5 nitrogen and oxygen atoms in total. The highest BCUT2D eigenvalue weighted by atomic mass is 32.2. The minimum Gasteiger partial charge on any atom is -0.388 e. The first kappa shape index (κ1) is 14.9. The molecule has 0 saturated heterocycles. The molecule has 1 aromatic carbocycles. The molecule has 18 heavy (non-hydrogen) atoms. The standard InChI is InChI=1S/C12H20N2O3S/c1-8-5-6-10(7-11(8)18(13,16)17)14-9(2)12(3,4)15/h5-7,9,14-15H,1-4H3,(H2,13,16,17). The number of benzene rings is 1. The summed E-state index contributed by atoms with van der Waals surface area (Å²) in [6.45, 7) is 6.86. The molecule has 4 N–H and O–H groups in total. The Labute approximate surface area is 108 Å². The van der Waals surface area contributed by atoms with E-state index in [0.29, 0.717) is 11.3 Å². The van der Waals surface area contributed by atoms with Gasteiger partial charge in [-0.05, 0) is 45.4 Å². The molecule has 0 spiro atoms.